The van der Waals surface area contributed by atoms with Crippen LogP contribution in [0.2, 0.25) is 0 Å². The van der Waals surface area contributed by atoms with Gasteiger partial charge in [0.2, 0.25) is 0 Å². The van der Waals surface area contributed by atoms with E-state index in [4.69, 9.17) is 0 Å². The lowest BCUT2D eigenvalue weighted by molar-refractivity contribution is 0.407. The van der Waals surface area contributed by atoms with Gasteiger partial charge in [0.15, 0.2) is 9.84 Å². The Hall–Kier alpha value is -1.61. The van der Waals surface area contributed by atoms with Crippen LogP contribution in [0.25, 0.3) is 0 Å². The molecular formula is C26H34O2S. The lowest BCUT2D eigenvalue weighted by Crippen LogP contribution is -2.36. The third-order valence-electron chi connectivity index (χ3n) is 7.53. The Labute approximate surface area is 176 Å². The lowest BCUT2D eigenvalue weighted by atomic mass is 9.82. The summed E-state index contributed by atoms with van der Waals surface area (Å²) in [5.74, 6) is 1.05. The van der Waals surface area contributed by atoms with Crippen LogP contribution in [0, 0.1) is 13.8 Å². The van der Waals surface area contributed by atoms with E-state index < -0.39 is 9.84 Å². The molecule has 4 rings (SSSR count). The summed E-state index contributed by atoms with van der Waals surface area (Å²) in [5.41, 5.74) is 5.52. The molecule has 0 radical (unpaired) electrons. The van der Waals surface area contributed by atoms with Crippen LogP contribution in [0.15, 0.2) is 48.5 Å². The molecule has 0 aromatic heterocycles. The highest BCUT2D eigenvalue weighted by molar-refractivity contribution is 7.92. The van der Waals surface area contributed by atoms with E-state index in [9.17, 15) is 8.42 Å². The summed E-state index contributed by atoms with van der Waals surface area (Å²) < 4.78 is 26.7. The van der Waals surface area contributed by atoms with E-state index in [2.05, 4.69) is 62.4 Å². The van der Waals surface area contributed by atoms with Crippen molar-refractivity contribution in [1.82, 2.24) is 0 Å². The fourth-order valence-corrected chi connectivity index (χ4v) is 8.17. The van der Waals surface area contributed by atoms with E-state index in [1.807, 2.05) is 0 Å². The molecule has 2 fully saturated rings. The zero-order valence-electron chi connectivity index (χ0n) is 17.8. The minimum atomic E-state index is -3.02. The maximum absolute atomic E-state index is 13.4. The minimum absolute atomic E-state index is 0.122. The predicted molar refractivity (Wildman–Crippen MR) is 121 cm³/mol. The van der Waals surface area contributed by atoms with Crippen LogP contribution in [0.3, 0.4) is 0 Å². The van der Waals surface area contributed by atoms with E-state index in [0.717, 1.165) is 51.4 Å². The highest BCUT2D eigenvalue weighted by Gasteiger charge is 2.39. The topological polar surface area (TPSA) is 34.1 Å². The Morgan fingerprint density at radius 2 is 0.931 bits per heavy atom. The van der Waals surface area contributed by atoms with Crippen LogP contribution in [-0.2, 0) is 9.84 Å². The van der Waals surface area contributed by atoms with Crippen LogP contribution in [0.5, 0.6) is 0 Å². The number of sulfone groups is 1. The van der Waals surface area contributed by atoms with Gasteiger partial charge in [0.05, 0.1) is 10.5 Å². The van der Waals surface area contributed by atoms with Crippen LogP contribution in [0.4, 0.5) is 0 Å². The third-order valence-corrected chi connectivity index (χ3v) is 10.3. The van der Waals surface area contributed by atoms with Crippen LogP contribution < -0.4 is 0 Å². The molecule has 2 aliphatic carbocycles. The van der Waals surface area contributed by atoms with Crippen molar-refractivity contribution in [1.29, 1.82) is 0 Å². The highest BCUT2D eigenvalue weighted by Crippen LogP contribution is 2.41. The van der Waals surface area contributed by atoms with Crippen molar-refractivity contribution in [3.63, 3.8) is 0 Å². The molecule has 0 bridgehead atoms. The summed E-state index contributed by atoms with van der Waals surface area (Å²) in [6.07, 6.45) is 7.36. The number of hydrogen-bond acceptors (Lipinski definition) is 2. The van der Waals surface area contributed by atoms with Gasteiger partial charge in [-0.2, -0.15) is 0 Å². The van der Waals surface area contributed by atoms with Gasteiger partial charge in [-0.05, 0) is 99.3 Å². The summed E-state index contributed by atoms with van der Waals surface area (Å²) in [6.45, 7) is 4.34. The van der Waals surface area contributed by atoms with Crippen LogP contribution >= 0.6 is 0 Å². The molecule has 0 spiro atoms. The smallest absolute Gasteiger partial charge is 0.156 e. The molecule has 156 valence electrons. The molecule has 2 aliphatic rings. The van der Waals surface area contributed by atoms with Gasteiger partial charge in [-0.3, -0.25) is 0 Å². The molecule has 29 heavy (non-hydrogen) atoms. The maximum atomic E-state index is 13.4. The van der Waals surface area contributed by atoms with Gasteiger partial charge in [0.1, 0.15) is 0 Å². The molecule has 0 aliphatic heterocycles. The van der Waals surface area contributed by atoms with Gasteiger partial charge in [0, 0.05) is 0 Å². The average Bonchev–Trinajstić information content (AvgIpc) is 2.75. The second-order valence-electron chi connectivity index (χ2n) is 9.25. The van der Waals surface area contributed by atoms with Crippen LogP contribution in [0.1, 0.15) is 85.5 Å². The number of rotatable bonds is 4. The summed E-state index contributed by atoms with van der Waals surface area (Å²) in [7, 11) is -3.02. The van der Waals surface area contributed by atoms with E-state index in [1.165, 1.54) is 22.3 Å². The lowest BCUT2D eigenvalue weighted by Gasteiger charge is -2.35. The summed E-state index contributed by atoms with van der Waals surface area (Å²) in [5, 5.41) is -0.245. The van der Waals surface area contributed by atoms with E-state index in [1.54, 1.807) is 0 Å². The largest absolute Gasteiger partial charge is 0.228 e. The summed E-state index contributed by atoms with van der Waals surface area (Å²) in [6, 6.07) is 17.2. The molecule has 0 amide bonds. The van der Waals surface area contributed by atoms with Crippen molar-refractivity contribution in [2.45, 2.75) is 87.5 Å². The normalized spacial score (nSPS) is 28.2. The number of hydrogen-bond donors (Lipinski definition) is 0. The Bertz CT molecular complexity index is 859. The quantitative estimate of drug-likeness (QED) is 0.579. The molecular weight excluding hydrogens is 376 g/mol. The zero-order chi connectivity index (χ0) is 20.4. The average molecular weight is 411 g/mol. The molecule has 0 unspecified atom stereocenters. The van der Waals surface area contributed by atoms with E-state index >= 15 is 0 Å². The van der Waals surface area contributed by atoms with E-state index in [0.29, 0.717) is 11.8 Å². The second-order valence-corrected chi connectivity index (χ2v) is 11.8. The molecule has 2 aromatic rings. The van der Waals surface area contributed by atoms with Gasteiger partial charge in [0.25, 0.3) is 0 Å². The first kappa shape index (κ1) is 20.7. The Kier molecular flexibility index (Phi) is 6.15. The van der Waals surface area contributed by atoms with Gasteiger partial charge >= 0.3 is 0 Å². The molecule has 0 N–H and O–H groups in total. The Morgan fingerprint density at radius 3 is 1.28 bits per heavy atom. The van der Waals surface area contributed by atoms with Crippen LogP contribution in [-0.4, -0.2) is 18.9 Å². The first-order valence-corrected chi connectivity index (χ1v) is 12.9. The van der Waals surface area contributed by atoms with Crippen molar-refractivity contribution in [2.24, 2.45) is 0 Å². The first-order chi connectivity index (χ1) is 14.0. The number of benzene rings is 2. The molecule has 2 saturated carbocycles. The predicted octanol–water partition coefficient (Wildman–Crippen LogP) is 6.47. The Morgan fingerprint density at radius 1 is 0.586 bits per heavy atom. The SMILES string of the molecule is Cc1ccccc1C1CCC(S(=O)(=O)C2CCC(c3ccccc3C)CC2)CC1. The molecule has 0 heterocycles. The first-order valence-electron chi connectivity index (χ1n) is 11.3. The minimum Gasteiger partial charge on any atom is -0.228 e. The Balaban J connectivity index is 1.36. The van der Waals surface area contributed by atoms with Crippen molar-refractivity contribution in [2.75, 3.05) is 0 Å². The molecule has 2 aromatic carbocycles. The molecule has 0 atom stereocenters. The van der Waals surface area contributed by atoms with Gasteiger partial charge in [-0.1, -0.05) is 48.5 Å². The molecule has 2 nitrogen and oxygen atoms in total. The van der Waals surface area contributed by atoms with Crippen molar-refractivity contribution < 1.29 is 8.42 Å². The summed E-state index contributed by atoms with van der Waals surface area (Å²) in [4.78, 5) is 0. The second kappa shape index (κ2) is 8.63. The number of aryl methyl sites for hydroxylation is 2. The summed E-state index contributed by atoms with van der Waals surface area (Å²) >= 11 is 0. The molecule has 0 saturated heterocycles. The standard InChI is InChI=1S/C26H34O2S/c1-19-7-3-5-9-25(19)21-11-15-23(16-12-21)29(27,28)24-17-13-22(14-18-24)26-10-6-4-8-20(26)2/h3-10,21-24H,11-18H2,1-2H3. The maximum Gasteiger partial charge on any atom is 0.156 e. The monoisotopic (exact) mass is 410 g/mol. The molecule has 3 heteroatoms. The fourth-order valence-electron chi connectivity index (χ4n) is 5.77. The van der Waals surface area contributed by atoms with Crippen molar-refractivity contribution in [3.05, 3.63) is 70.8 Å². The van der Waals surface area contributed by atoms with Crippen molar-refractivity contribution in [3.8, 4) is 0 Å². The van der Waals surface area contributed by atoms with Gasteiger partial charge in [-0.25, -0.2) is 8.42 Å². The highest BCUT2D eigenvalue weighted by atomic mass is 32.2. The van der Waals surface area contributed by atoms with Crippen molar-refractivity contribution >= 4 is 9.84 Å². The third kappa shape index (κ3) is 4.30. The van der Waals surface area contributed by atoms with E-state index in [-0.39, 0.29) is 10.5 Å². The van der Waals surface area contributed by atoms with Gasteiger partial charge in [-0.15, -0.1) is 0 Å². The fraction of sp³-hybridized carbons (Fsp3) is 0.538. The zero-order valence-corrected chi connectivity index (χ0v) is 18.6. The van der Waals surface area contributed by atoms with Gasteiger partial charge < -0.3 is 0 Å².